The summed E-state index contributed by atoms with van der Waals surface area (Å²) in [6, 6.07) is 14.2. The van der Waals surface area contributed by atoms with E-state index >= 15 is 0 Å². The molecular weight excluding hydrogens is 238 g/mol. The molecule has 2 aromatic rings. The first-order valence-electron chi connectivity index (χ1n) is 6.72. The predicted molar refractivity (Wildman–Crippen MR) is 75.1 cm³/mol. The number of nitrogens with one attached hydrogen (secondary N) is 1. The summed E-state index contributed by atoms with van der Waals surface area (Å²) in [5, 5.41) is 14.8. The lowest BCUT2D eigenvalue weighted by molar-refractivity contribution is -0.140. The van der Waals surface area contributed by atoms with Crippen molar-refractivity contribution in [2.75, 3.05) is 0 Å². The van der Waals surface area contributed by atoms with E-state index in [1.54, 1.807) is 0 Å². The van der Waals surface area contributed by atoms with Crippen LogP contribution in [0.5, 0.6) is 0 Å². The van der Waals surface area contributed by atoms with Crippen LogP contribution in [0.25, 0.3) is 10.8 Å². The average Bonchev–Trinajstić information content (AvgIpc) is 2.47. The Kier molecular flexibility index (Phi) is 3.22. The molecule has 19 heavy (non-hydrogen) atoms. The molecule has 3 heteroatoms. The molecule has 0 aliphatic carbocycles. The molecule has 98 valence electrons. The Hall–Kier alpha value is -1.87. The molecule has 0 radical (unpaired) electrons. The fourth-order valence-corrected chi connectivity index (χ4v) is 2.93. The highest BCUT2D eigenvalue weighted by atomic mass is 16.4. The number of carboxylic acid groups (broad SMARTS) is 1. The highest BCUT2D eigenvalue weighted by Crippen LogP contribution is 2.30. The number of aliphatic carboxylic acids is 1. The maximum Gasteiger partial charge on any atom is 0.320 e. The summed E-state index contributed by atoms with van der Waals surface area (Å²) in [5.41, 5.74) is 1.21. The minimum absolute atomic E-state index is 0.140. The third kappa shape index (κ3) is 2.34. The number of rotatable bonds is 2. The lowest BCUT2D eigenvalue weighted by Crippen LogP contribution is -2.42. The zero-order valence-corrected chi connectivity index (χ0v) is 10.7. The summed E-state index contributed by atoms with van der Waals surface area (Å²) < 4.78 is 0. The molecule has 1 saturated heterocycles. The number of hydrogen-bond acceptors (Lipinski definition) is 2. The van der Waals surface area contributed by atoms with Crippen LogP contribution in [-0.2, 0) is 4.79 Å². The second kappa shape index (κ2) is 5.02. The summed E-state index contributed by atoms with van der Waals surface area (Å²) in [6.07, 6.45) is 2.67. The summed E-state index contributed by atoms with van der Waals surface area (Å²) in [5.74, 6) is -0.745. The quantitative estimate of drug-likeness (QED) is 0.867. The summed E-state index contributed by atoms with van der Waals surface area (Å²) in [6.45, 7) is 0. The molecule has 2 atom stereocenters. The number of carboxylic acids is 1. The molecule has 1 fully saturated rings. The standard InChI is InChI=1S/C16H17NO2/c18-16(19)15-10-4-9-14(17-15)13-8-3-6-11-5-1-2-7-12(11)13/h1-3,5-8,14-15,17H,4,9-10H2,(H,18,19). The second-order valence-electron chi connectivity index (χ2n) is 5.11. The number of hydrogen-bond donors (Lipinski definition) is 2. The van der Waals surface area contributed by atoms with Gasteiger partial charge < -0.3 is 5.11 Å². The van der Waals surface area contributed by atoms with E-state index in [0.29, 0.717) is 0 Å². The summed E-state index contributed by atoms with van der Waals surface area (Å²) in [4.78, 5) is 11.1. The van der Waals surface area contributed by atoms with Crippen molar-refractivity contribution in [2.45, 2.75) is 31.3 Å². The molecule has 0 saturated carbocycles. The highest BCUT2D eigenvalue weighted by molar-refractivity contribution is 5.86. The lowest BCUT2D eigenvalue weighted by atomic mass is 9.90. The monoisotopic (exact) mass is 255 g/mol. The Morgan fingerprint density at radius 3 is 2.74 bits per heavy atom. The van der Waals surface area contributed by atoms with Gasteiger partial charge in [-0.15, -0.1) is 0 Å². The minimum Gasteiger partial charge on any atom is -0.480 e. The smallest absolute Gasteiger partial charge is 0.320 e. The average molecular weight is 255 g/mol. The van der Waals surface area contributed by atoms with Crippen molar-refractivity contribution >= 4 is 16.7 Å². The third-order valence-corrected chi connectivity index (χ3v) is 3.88. The molecule has 0 aromatic heterocycles. The van der Waals surface area contributed by atoms with Gasteiger partial charge in [0.25, 0.3) is 0 Å². The zero-order chi connectivity index (χ0) is 13.2. The van der Waals surface area contributed by atoms with Crippen molar-refractivity contribution in [2.24, 2.45) is 0 Å². The molecule has 3 rings (SSSR count). The molecule has 1 heterocycles. The Labute approximate surface area is 112 Å². The van der Waals surface area contributed by atoms with Gasteiger partial charge in [-0.1, -0.05) is 42.5 Å². The van der Waals surface area contributed by atoms with E-state index in [9.17, 15) is 4.79 Å². The van der Waals surface area contributed by atoms with E-state index in [1.807, 2.05) is 18.2 Å². The van der Waals surface area contributed by atoms with Crippen molar-refractivity contribution in [3.8, 4) is 0 Å². The van der Waals surface area contributed by atoms with Gasteiger partial charge in [0, 0.05) is 6.04 Å². The first-order chi connectivity index (χ1) is 9.25. The molecule has 1 aliphatic rings. The fourth-order valence-electron chi connectivity index (χ4n) is 2.93. The van der Waals surface area contributed by atoms with Crippen LogP contribution in [0.15, 0.2) is 42.5 Å². The molecule has 0 bridgehead atoms. The van der Waals surface area contributed by atoms with E-state index in [1.165, 1.54) is 16.3 Å². The van der Waals surface area contributed by atoms with Gasteiger partial charge in [0.15, 0.2) is 0 Å². The Balaban J connectivity index is 1.97. The van der Waals surface area contributed by atoms with Crippen molar-refractivity contribution in [3.63, 3.8) is 0 Å². The summed E-state index contributed by atoms with van der Waals surface area (Å²) in [7, 11) is 0. The van der Waals surface area contributed by atoms with Crippen LogP contribution in [-0.4, -0.2) is 17.1 Å². The predicted octanol–water partition coefficient (Wildman–Crippen LogP) is 3.11. The first-order valence-corrected chi connectivity index (χ1v) is 6.72. The van der Waals surface area contributed by atoms with Crippen molar-refractivity contribution in [1.82, 2.24) is 5.32 Å². The maximum absolute atomic E-state index is 11.1. The van der Waals surface area contributed by atoms with Gasteiger partial charge in [-0.3, -0.25) is 10.1 Å². The lowest BCUT2D eigenvalue weighted by Gasteiger charge is -2.29. The van der Waals surface area contributed by atoms with Gasteiger partial charge in [-0.05, 0) is 35.6 Å². The van der Waals surface area contributed by atoms with Crippen LogP contribution in [0.2, 0.25) is 0 Å². The van der Waals surface area contributed by atoms with Crippen molar-refractivity contribution in [3.05, 3.63) is 48.0 Å². The SMILES string of the molecule is O=C(O)C1CCCC(c2cccc3ccccc23)N1. The highest BCUT2D eigenvalue weighted by Gasteiger charge is 2.27. The number of fused-ring (bicyclic) bond motifs is 1. The van der Waals surface area contributed by atoms with E-state index in [-0.39, 0.29) is 6.04 Å². The van der Waals surface area contributed by atoms with Gasteiger partial charge in [0.05, 0.1) is 0 Å². The first kappa shape index (κ1) is 12.2. The van der Waals surface area contributed by atoms with Crippen LogP contribution in [0.4, 0.5) is 0 Å². The second-order valence-corrected chi connectivity index (χ2v) is 5.11. The molecule has 2 N–H and O–H groups in total. The molecule has 0 spiro atoms. The molecule has 1 aliphatic heterocycles. The van der Waals surface area contributed by atoms with Crippen LogP contribution in [0.3, 0.4) is 0 Å². The van der Waals surface area contributed by atoms with Crippen LogP contribution in [0, 0.1) is 0 Å². The van der Waals surface area contributed by atoms with Gasteiger partial charge in [0.2, 0.25) is 0 Å². The van der Waals surface area contributed by atoms with Crippen molar-refractivity contribution in [1.29, 1.82) is 0 Å². The van der Waals surface area contributed by atoms with E-state index in [2.05, 4.69) is 29.6 Å². The Bertz CT molecular complexity index is 603. The number of benzene rings is 2. The molecular formula is C16H17NO2. The molecule has 2 aromatic carbocycles. The van der Waals surface area contributed by atoms with Crippen molar-refractivity contribution < 1.29 is 9.90 Å². The molecule has 2 unspecified atom stereocenters. The van der Waals surface area contributed by atoms with Gasteiger partial charge in [-0.2, -0.15) is 0 Å². The Morgan fingerprint density at radius 1 is 1.11 bits per heavy atom. The minimum atomic E-state index is -0.745. The topological polar surface area (TPSA) is 49.3 Å². The summed E-state index contributed by atoms with van der Waals surface area (Å²) >= 11 is 0. The van der Waals surface area contributed by atoms with E-state index in [0.717, 1.165) is 19.3 Å². The molecule has 0 amide bonds. The normalized spacial score (nSPS) is 23.4. The van der Waals surface area contributed by atoms with Gasteiger partial charge in [0.1, 0.15) is 6.04 Å². The van der Waals surface area contributed by atoms with Gasteiger partial charge in [-0.25, -0.2) is 0 Å². The number of piperidine rings is 1. The molecule has 3 nitrogen and oxygen atoms in total. The van der Waals surface area contributed by atoms with Crippen LogP contribution < -0.4 is 5.32 Å². The number of carbonyl (C=O) groups is 1. The fraction of sp³-hybridized carbons (Fsp3) is 0.312. The Morgan fingerprint density at radius 2 is 1.89 bits per heavy atom. The van der Waals surface area contributed by atoms with E-state index in [4.69, 9.17) is 5.11 Å². The third-order valence-electron chi connectivity index (χ3n) is 3.88. The van der Waals surface area contributed by atoms with Gasteiger partial charge >= 0.3 is 5.97 Å². The van der Waals surface area contributed by atoms with Crippen LogP contribution in [0.1, 0.15) is 30.9 Å². The van der Waals surface area contributed by atoms with Crippen LogP contribution >= 0.6 is 0 Å². The van der Waals surface area contributed by atoms with E-state index < -0.39 is 12.0 Å². The zero-order valence-electron chi connectivity index (χ0n) is 10.7. The largest absolute Gasteiger partial charge is 0.480 e. The maximum atomic E-state index is 11.1.